The van der Waals surface area contributed by atoms with Crippen molar-refractivity contribution in [3.8, 4) is 5.69 Å². The van der Waals surface area contributed by atoms with E-state index >= 15 is 0 Å². The van der Waals surface area contributed by atoms with Gasteiger partial charge in [0.2, 0.25) is 5.95 Å². The lowest BCUT2D eigenvalue weighted by Crippen LogP contribution is -2.42. The quantitative estimate of drug-likeness (QED) is 0.615. The molecule has 0 radical (unpaired) electrons. The molecule has 11 heteroatoms. The number of halogens is 3. The van der Waals surface area contributed by atoms with Crippen molar-refractivity contribution in [3.63, 3.8) is 0 Å². The highest BCUT2D eigenvalue weighted by Crippen LogP contribution is 2.28. The molecule has 0 aliphatic rings. The fourth-order valence-corrected chi connectivity index (χ4v) is 3.06. The maximum Gasteiger partial charge on any atom is 0.419 e. The van der Waals surface area contributed by atoms with Crippen LogP contribution in [0.5, 0.6) is 0 Å². The minimum atomic E-state index is -4.49. The number of anilines is 1. The van der Waals surface area contributed by atoms with Gasteiger partial charge in [-0.3, -0.25) is 4.79 Å². The lowest BCUT2D eigenvalue weighted by Gasteiger charge is -2.29. The normalized spacial score (nSPS) is 12.5. The first-order chi connectivity index (χ1) is 14.7. The zero-order valence-corrected chi connectivity index (χ0v) is 17.3. The number of aromatic nitrogens is 5. The molecule has 0 unspecified atom stereocenters. The summed E-state index contributed by atoms with van der Waals surface area (Å²) in [5.41, 5.74) is 1.01. The number of alkyl halides is 3. The molecule has 0 fully saturated rings. The Labute approximate surface area is 177 Å². The molecule has 31 heavy (non-hydrogen) atoms. The fourth-order valence-electron chi connectivity index (χ4n) is 3.06. The second-order valence-electron chi connectivity index (χ2n) is 6.95. The molecule has 0 saturated carbocycles. The van der Waals surface area contributed by atoms with Crippen molar-refractivity contribution in [1.29, 1.82) is 0 Å². The van der Waals surface area contributed by atoms with Gasteiger partial charge >= 0.3 is 6.18 Å². The standard InChI is InChI=1S/C20H22F3N7O/c1-4-29(14(3)10-24-19-25-11-15(12-26-19)20(21,22)23)18(31)16-9-13(2)5-6-17(16)30-27-7-8-28-30/h5-9,11-12,14H,4,10H2,1-3H3,(H,24,25,26)/t14-/m0/s1. The lowest BCUT2D eigenvalue weighted by molar-refractivity contribution is -0.138. The molecular weight excluding hydrogens is 411 g/mol. The number of hydrogen-bond acceptors (Lipinski definition) is 6. The van der Waals surface area contributed by atoms with Gasteiger partial charge in [-0.25, -0.2) is 9.97 Å². The average Bonchev–Trinajstić information content (AvgIpc) is 3.27. The third kappa shape index (κ3) is 5.16. The van der Waals surface area contributed by atoms with E-state index in [4.69, 9.17) is 0 Å². The highest BCUT2D eigenvalue weighted by atomic mass is 19.4. The van der Waals surface area contributed by atoms with Gasteiger partial charge in [-0.1, -0.05) is 11.6 Å². The molecule has 1 amide bonds. The molecule has 164 valence electrons. The van der Waals surface area contributed by atoms with Crippen LogP contribution < -0.4 is 5.32 Å². The summed E-state index contributed by atoms with van der Waals surface area (Å²) in [5.74, 6) is -0.151. The Kier molecular flexibility index (Phi) is 6.52. The van der Waals surface area contributed by atoms with Crippen LogP contribution in [-0.4, -0.2) is 54.9 Å². The Morgan fingerprint density at radius 2 is 1.84 bits per heavy atom. The van der Waals surface area contributed by atoms with Gasteiger partial charge < -0.3 is 10.2 Å². The van der Waals surface area contributed by atoms with Gasteiger partial charge in [0.05, 0.1) is 29.2 Å². The van der Waals surface area contributed by atoms with E-state index in [1.165, 1.54) is 17.2 Å². The Morgan fingerprint density at radius 3 is 2.42 bits per heavy atom. The molecule has 0 saturated heterocycles. The third-order valence-electron chi connectivity index (χ3n) is 4.69. The van der Waals surface area contributed by atoms with Crippen LogP contribution in [-0.2, 0) is 6.18 Å². The van der Waals surface area contributed by atoms with E-state index < -0.39 is 11.7 Å². The monoisotopic (exact) mass is 433 g/mol. The van der Waals surface area contributed by atoms with E-state index in [0.29, 0.717) is 17.8 Å². The number of hydrogen-bond donors (Lipinski definition) is 1. The lowest BCUT2D eigenvalue weighted by atomic mass is 10.1. The molecule has 0 spiro atoms. The summed E-state index contributed by atoms with van der Waals surface area (Å²) in [7, 11) is 0. The van der Waals surface area contributed by atoms with Gasteiger partial charge in [-0.2, -0.15) is 28.2 Å². The Morgan fingerprint density at radius 1 is 1.19 bits per heavy atom. The molecular formula is C20H22F3N7O. The number of likely N-dealkylation sites (N-methyl/N-ethyl adjacent to an activating group) is 1. The van der Waals surface area contributed by atoms with Gasteiger partial charge in [0.25, 0.3) is 5.91 Å². The van der Waals surface area contributed by atoms with Gasteiger partial charge in [-0.05, 0) is 32.9 Å². The van der Waals surface area contributed by atoms with Crippen LogP contribution in [0, 0.1) is 6.92 Å². The van der Waals surface area contributed by atoms with Crippen LogP contribution in [0.4, 0.5) is 19.1 Å². The highest BCUT2D eigenvalue weighted by Gasteiger charge is 2.31. The molecule has 3 aromatic rings. The van der Waals surface area contributed by atoms with Crippen LogP contribution in [0.1, 0.15) is 35.3 Å². The van der Waals surface area contributed by atoms with E-state index in [2.05, 4.69) is 25.5 Å². The summed E-state index contributed by atoms with van der Waals surface area (Å²) >= 11 is 0. The molecule has 1 atom stereocenters. The van der Waals surface area contributed by atoms with E-state index in [-0.39, 0.29) is 24.4 Å². The molecule has 1 N–H and O–H groups in total. The first-order valence-electron chi connectivity index (χ1n) is 9.62. The van der Waals surface area contributed by atoms with Crippen molar-refractivity contribution in [1.82, 2.24) is 29.9 Å². The summed E-state index contributed by atoms with van der Waals surface area (Å²) in [6.45, 7) is 6.26. The highest BCUT2D eigenvalue weighted by molar-refractivity contribution is 5.98. The van der Waals surface area contributed by atoms with E-state index in [1.807, 2.05) is 26.8 Å². The van der Waals surface area contributed by atoms with Crippen molar-refractivity contribution in [2.24, 2.45) is 0 Å². The largest absolute Gasteiger partial charge is 0.419 e. The van der Waals surface area contributed by atoms with Crippen LogP contribution in [0.2, 0.25) is 0 Å². The Bertz CT molecular complexity index is 1020. The van der Waals surface area contributed by atoms with Crippen molar-refractivity contribution in [2.45, 2.75) is 33.0 Å². The predicted molar refractivity (Wildman–Crippen MR) is 108 cm³/mol. The molecule has 0 aliphatic heterocycles. The second-order valence-corrected chi connectivity index (χ2v) is 6.95. The molecule has 2 heterocycles. The molecule has 1 aromatic carbocycles. The zero-order valence-electron chi connectivity index (χ0n) is 17.3. The van der Waals surface area contributed by atoms with E-state index in [0.717, 1.165) is 18.0 Å². The Hall–Kier alpha value is -3.50. The first kappa shape index (κ1) is 22.2. The third-order valence-corrected chi connectivity index (χ3v) is 4.69. The van der Waals surface area contributed by atoms with Crippen LogP contribution in [0.15, 0.2) is 43.0 Å². The van der Waals surface area contributed by atoms with Crippen LogP contribution >= 0.6 is 0 Å². The molecule has 8 nitrogen and oxygen atoms in total. The number of nitrogens with one attached hydrogen (secondary N) is 1. The number of benzene rings is 1. The van der Waals surface area contributed by atoms with Crippen molar-refractivity contribution in [3.05, 3.63) is 59.7 Å². The maximum absolute atomic E-state index is 13.3. The molecule has 2 aromatic heterocycles. The number of aryl methyl sites for hydroxylation is 1. The average molecular weight is 433 g/mol. The van der Waals surface area contributed by atoms with E-state index in [9.17, 15) is 18.0 Å². The van der Waals surface area contributed by atoms with Gasteiger partial charge in [0, 0.05) is 31.5 Å². The topological polar surface area (TPSA) is 88.8 Å². The number of rotatable bonds is 7. The summed E-state index contributed by atoms with van der Waals surface area (Å²) in [4.78, 5) is 23.8. The summed E-state index contributed by atoms with van der Waals surface area (Å²) < 4.78 is 37.9. The van der Waals surface area contributed by atoms with Gasteiger partial charge in [-0.15, -0.1) is 0 Å². The molecule has 3 rings (SSSR count). The van der Waals surface area contributed by atoms with Crippen LogP contribution in [0.25, 0.3) is 5.69 Å². The minimum absolute atomic E-state index is 0.0559. The van der Waals surface area contributed by atoms with Crippen LogP contribution in [0.3, 0.4) is 0 Å². The number of amides is 1. The predicted octanol–water partition coefficient (Wildman–Crippen LogP) is 3.35. The SMILES string of the molecule is CCN(C(=O)c1cc(C)ccc1-n1nccn1)[C@@H](C)CNc1ncc(C(F)(F)F)cn1. The van der Waals surface area contributed by atoms with Crippen molar-refractivity contribution in [2.75, 3.05) is 18.4 Å². The molecule has 0 aliphatic carbocycles. The maximum atomic E-state index is 13.3. The summed E-state index contributed by atoms with van der Waals surface area (Å²) in [6, 6.07) is 5.15. The minimum Gasteiger partial charge on any atom is -0.352 e. The number of nitrogens with zero attached hydrogens (tertiary/aromatic N) is 6. The number of carbonyl (C=O) groups is 1. The summed E-state index contributed by atoms with van der Waals surface area (Å²) in [6.07, 6.45) is 0.00845. The molecule has 0 bridgehead atoms. The zero-order chi connectivity index (χ0) is 22.6. The number of carbonyl (C=O) groups excluding carboxylic acids is 1. The Balaban J connectivity index is 1.74. The van der Waals surface area contributed by atoms with E-state index in [1.54, 1.807) is 17.0 Å². The smallest absolute Gasteiger partial charge is 0.352 e. The van der Waals surface area contributed by atoms with Crippen molar-refractivity contribution >= 4 is 11.9 Å². The van der Waals surface area contributed by atoms with Gasteiger partial charge in [0.1, 0.15) is 0 Å². The fraction of sp³-hybridized carbons (Fsp3) is 0.350. The van der Waals surface area contributed by atoms with Gasteiger partial charge in [0.15, 0.2) is 0 Å². The van der Waals surface area contributed by atoms with Crippen molar-refractivity contribution < 1.29 is 18.0 Å². The second kappa shape index (κ2) is 9.11. The summed E-state index contributed by atoms with van der Waals surface area (Å²) in [5, 5.41) is 11.1. The first-order valence-corrected chi connectivity index (χ1v) is 9.62.